The van der Waals surface area contributed by atoms with E-state index in [1.165, 1.54) is 5.56 Å². The van der Waals surface area contributed by atoms with Crippen molar-refractivity contribution in [2.45, 2.75) is 38.3 Å². The number of nitrogens with zero attached hydrogens (tertiary/aromatic N) is 1. The summed E-state index contributed by atoms with van der Waals surface area (Å²) in [5.41, 5.74) is 2.30. The smallest absolute Gasteiger partial charge is 0.133 e. The first kappa shape index (κ1) is 13.2. The van der Waals surface area contributed by atoms with Gasteiger partial charge in [0.05, 0.1) is 12.8 Å². The maximum atomic E-state index is 5.43. The van der Waals surface area contributed by atoms with Gasteiger partial charge in [-0.25, -0.2) is 0 Å². The second kappa shape index (κ2) is 5.67. The van der Waals surface area contributed by atoms with Gasteiger partial charge in [-0.1, -0.05) is 23.4 Å². The van der Waals surface area contributed by atoms with Crippen molar-refractivity contribution in [1.82, 2.24) is 10.5 Å². The van der Waals surface area contributed by atoms with E-state index in [1.54, 1.807) is 7.11 Å². The number of aromatic nitrogens is 1. The van der Waals surface area contributed by atoms with Crippen molar-refractivity contribution in [1.29, 1.82) is 0 Å². The lowest BCUT2D eigenvalue weighted by Crippen LogP contribution is -2.39. The molecule has 1 heterocycles. The third-order valence-electron chi connectivity index (χ3n) is 3.97. The van der Waals surface area contributed by atoms with Crippen LogP contribution in [0.15, 0.2) is 34.9 Å². The van der Waals surface area contributed by atoms with Crippen LogP contribution in [0.2, 0.25) is 0 Å². The highest BCUT2D eigenvalue weighted by atomic mass is 16.5. The first-order valence-electron chi connectivity index (χ1n) is 7.04. The Morgan fingerprint density at radius 1 is 1.35 bits per heavy atom. The first-order valence-corrected chi connectivity index (χ1v) is 7.04. The zero-order valence-electron chi connectivity index (χ0n) is 11.9. The van der Waals surface area contributed by atoms with Crippen LogP contribution in [0, 0.1) is 6.92 Å². The molecule has 1 saturated carbocycles. The van der Waals surface area contributed by atoms with Crippen LogP contribution in [-0.4, -0.2) is 18.3 Å². The fraction of sp³-hybridized carbons (Fsp3) is 0.438. The fourth-order valence-corrected chi connectivity index (χ4v) is 2.79. The van der Waals surface area contributed by atoms with Gasteiger partial charge in [0.2, 0.25) is 0 Å². The summed E-state index contributed by atoms with van der Waals surface area (Å²) < 4.78 is 10.5. The summed E-state index contributed by atoms with van der Waals surface area (Å²) >= 11 is 0. The number of nitrogens with one attached hydrogen (secondary N) is 1. The molecule has 106 valence electrons. The van der Waals surface area contributed by atoms with E-state index in [4.69, 9.17) is 9.26 Å². The molecule has 4 nitrogen and oxygen atoms in total. The van der Waals surface area contributed by atoms with Crippen LogP contribution < -0.4 is 10.1 Å². The Morgan fingerprint density at radius 2 is 2.15 bits per heavy atom. The zero-order valence-corrected chi connectivity index (χ0v) is 11.9. The standard InChI is InChI=1S/C16H20N2O2/c1-11-7-14(18-20-11)10-17-13-8-12(9-13)15-5-3-4-6-16(15)19-2/h3-7,12-13,17H,8-10H2,1-2H3. The Bertz CT molecular complexity index is 573. The van der Waals surface area contributed by atoms with Crippen molar-refractivity contribution in [2.75, 3.05) is 7.11 Å². The predicted molar refractivity (Wildman–Crippen MR) is 76.8 cm³/mol. The lowest BCUT2D eigenvalue weighted by atomic mass is 9.75. The minimum atomic E-state index is 0.557. The number of aryl methyl sites for hydroxylation is 1. The van der Waals surface area contributed by atoms with Crippen molar-refractivity contribution in [3.05, 3.63) is 47.3 Å². The minimum Gasteiger partial charge on any atom is -0.496 e. The molecule has 0 unspecified atom stereocenters. The Balaban J connectivity index is 1.51. The molecule has 1 N–H and O–H groups in total. The molecule has 2 aromatic rings. The van der Waals surface area contributed by atoms with Gasteiger partial charge in [0, 0.05) is 18.7 Å². The van der Waals surface area contributed by atoms with E-state index in [0.717, 1.165) is 36.6 Å². The molecule has 1 aliphatic rings. The quantitative estimate of drug-likeness (QED) is 0.909. The van der Waals surface area contributed by atoms with E-state index in [1.807, 2.05) is 25.1 Å². The number of benzene rings is 1. The second-order valence-electron chi connectivity index (χ2n) is 5.42. The van der Waals surface area contributed by atoms with E-state index in [2.05, 4.69) is 22.6 Å². The number of hydrogen-bond donors (Lipinski definition) is 1. The number of methoxy groups -OCH3 is 1. The molecule has 0 saturated heterocycles. The summed E-state index contributed by atoms with van der Waals surface area (Å²) in [6.45, 7) is 2.69. The molecule has 1 aromatic carbocycles. The van der Waals surface area contributed by atoms with Gasteiger partial charge in [-0.05, 0) is 37.3 Å². The molecule has 1 aromatic heterocycles. The minimum absolute atomic E-state index is 0.557. The molecule has 0 bridgehead atoms. The molecular formula is C16H20N2O2. The van der Waals surface area contributed by atoms with Crippen molar-refractivity contribution in [3.63, 3.8) is 0 Å². The summed E-state index contributed by atoms with van der Waals surface area (Å²) in [5.74, 6) is 2.47. The van der Waals surface area contributed by atoms with E-state index in [9.17, 15) is 0 Å². The fourth-order valence-electron chi connectivity index (χ4n) is 2.79. The van der Waals surface area contributed by atoms with Gasteiger partial charge in [0.15, 0.2) is 0 Å². The molecule has 4 heteroatoms. The van der Waals surface area contributed by atoms with Crippen molar-refractivity contribution in [2.24, 2.45) is 0 Å². The van der Waals surface area contributed by atoms with E-state index < -0.39 is 0 Å². The van der Waals surface area contributed by atoms with Crippen LogP contribution in [-0.2, 0) is 6.54 Å². The van der Waals surface area contributed by atoms with Crippen LogP contribution in [0.3, 0.4) is 0 Å². The highest BCUT2D eigenvalue weighted by molar-refractivity contribution is 5.37. The SMILES string of the molecule is COc1ccccc1C1CC(NCc2cc(C)on2)C1. The maximum Gasteiger partial charge on any atom is 0.133 e. The molecule has 0 amide bonds. The summed E-state index contributed by atoms with van der Waals surface area (Å²) in [5, 5.41) is 7.52. The van der Waals surface area contributed by atoms with Crippen LogP contribution in [0.4, 0.5) is 0 Å². The summed E-state index contributed by atoms with van der Waals surface area (Å²) in [7, 11) is 1.74. The zero-order chi connectivity index (χ0) is 13.9. The molecule has 1 fully saturated rings. The van der Waals surface area contributed by atoms with Gasteiger partial charge in [0.25, 0.3) is 0 Å². The van der Waals surface area contributed by atoms with Gasteiger partial charge in [-0.2, -0.15) is 0 Å². The van der Waals surface area contributed by atoms with Crippen LogP contribution in [0.1, 0.15) is 35.8 Å². The number of ether oxygens (including phenoxy) is 1. The Labute approximate surface area is 119 Å². The van der Waals surface area contributed by atoms with Crippen LogP contribution >= 0.6 is 0 Å². The Kier molecular flexibility index (Phi) is 3.74. The molecule has 20 heavy (non-hydrogen) atoms. The maximum absolute atomic E-state index is 5.43. The molecular weight excluding hydrogens is 252 g/mol. The third-order valence-corrected chi connectivity index (χ3v) is 3.97. The highest BCUT2D eigenvalue weighted by Crippen LogP contribution is 2.40. The Morgan fingerprint density at radius 3 is 2.85 bits per heavy atom. The van der Waals surface area contributed by atoms with E-state index in [-0.39, 0.29) is 0 Å². The predicted octanol–water partition coefficient (Wildman–Crippen LogP) is 3.03. The average Bonchev–Trinajstić information content (AvgIpc) is 2.83. The van der Waals surface area contributed by atoms with Gasteiger partial charge in [0.1, 0.15) is 11.5 Å². The number of para-hydroxylation sites is 1. The van der Waals surface area contributed by atoms with E-state index in [0.29, 0.717) is 12.0 Å². The lowest BCUT2D eigenvalue weighted by molar-refractivity contribution is 0.279. The topological polar surface area (TPSA) is 47.3 Å². The third kappa shape index (κ3) is 2.70. The monoisotopic (exact) mass is 272 g/mol. The normalized spacial score (nSPS) is 21.5. The van der Waals surface area contributed by atoms with Crippen LogP contribution in [0.5, 0.6) is 5.75 Å². The highest BCUT2D eigenvalue weighted by Gasteiger charge is 2.31. The summed E-state index contributed by atoms with van der Waals surface area (Å²) in [6, 6.07) is 10.8. The summed E-state index contributed by atoms with van der Waals surface area (Å²) in [4.78, 5) is 0. The summed E-state index contributed by atoms with van der Waals surface area (Å²) in [6.07, 6.45) is 2.30. The molecule has 3 rings (SSSR count). The van der Waals surface area contributed by atoms with Gasteiger partial charge in [-0.3, -0.25) is 0 Å². The van der Waals surface area contributed by atoms with Crippen molar-refractivity contribution >= 4 is 0 Å². The first-order chi connectivity index (χ1) is 9.76. The molecule has 0 radical (unpaired) electrons. The van der Waals surface area contributed by atoms with E-state index >= 15 is 0 Å². The molecule has 1 aliphatic carbocycles. The molecule has 0 aliphatic heterocycles. The molecule has 0 spiro atoms. The van der Waals surface area contributed by atoms with Gasteiger partial charge < -0.3 is 14.6 Å². The number of rotatable bonds is 5. The van der Waals surface area contributed by atoms with Crippen molar-refractivity contribution in [3.8, 4) is 5.75 Å². The van der Waals surface area contributed by atoms with Crippen molar-refractivity contribution < 1.29 is 9.26 Å². The Hall–Kier alpha value is -1.81. The largest absolute Gasteiger partial charge is 0.496 e. The number of hydrogen-bond acceptors (Lipinski definition) is 4. The van der Waals surface area contributed by atoms with Crippen LogP contribution in [0.25, 0.3) is 0 Å². The van der Waals surface area contributed by atoms with Gasteiger partial charge >= 0.3 is 0 Å². The molecule has 0 atom stereocenters. The average molecular weight is 272 g/mol. The van der Waals surface area contributed by atoms with Gasteiger partial charge in [-0.15, -0.1) is 0 Å². The second-order valence-corrected chi connectivity index (χ2v) is 5.42. The lowest BCUT2D eigenvalue weighted by Gasteiger charge is -2.36.